The topological polar surface area (TPSA) is 58.4 Å². The Kier molecular flexibility index (Phi) is 6.11. The van der Waals surface area contributed by atoms with Crippen LogP contribution in [0.3, 0.4) is 0 Å². The van der Waals surface area contributed by atoms with Crippen molar-refractivity contribution in [2.45, 2.75) is 19.9 Å². The number of hydrogen-bond acceptors (Lipinski definition) is 3. The number of anilines is 1. The van der Waals surface area contributed by atoms with Gasteiger partial charge in [-0.05, 0) is 36.8 Å². The molecule has 0 radical (unpaired) electrons. The zero-order chi connectivity index (χ0) is 18.4. The van der Waals surface area contributed by atoms with Gasteiger partial charge < -0.3 is 9.80 Å². The number of nitrogens with zero attached hydrogens (tertiary/aromatic N) is 4. The molecule has 6 nitrogen and oxygen atoms in total. The van der Waals surface area contributed by atoms with Crippen LogP contribution in [-0.4, -0.2) is 40.1 Å². The Morgan fingerprint density at radius 2 is 1.96 bits per heavy atom. The molecule has 6 heteroatoms. The van der Waals surface area contributed by atoms with Gasteiger partial charge in [0.15, 0.2) is 0 Å². The Bertz CT molecular complexity index is 749. The van der Waals surface area contributed by atoms with Gasteiger partial charge in [0.25, 0.3) is 5.91 Å². The van der Waals surface area contributed by atoms with Crippen LogP contribution in [0.25, 0.3) is 0 Å². The lowest BCUT2D eigenvalue weighted by atomic mass is 10.1. The van der Waals surface area contributed by atoms with Crippen LogP contribution >= 0.6 is 0 Å². The number of rotatable bonds is 7. The van der Waals surface area contributed by atoms with Gasteiger partial charge in [-0.25, -0.2) is 0 Å². The van der Waals surface area contributed by atoms with Gasteiger partial charge in [-0.3, -0.25) is 14.3 Å². The van der Waals surface area contributed by atoms with Crippen LogP contribution in [0.1, 0.15) is 29.3 Å². The van der Waals surface area contributed by atoms with Gasteiger partial charge in [0, 0.05) is 50.2 Å². The second-order valence-corrected chi connectivity index (χ2v) is 5.90. The van der Waals surface area contributed by atoms with Gasteiger partial charge in [-0.2, -0.15) is 5.10 Å². The molecule has 0 spiro atoms. The summed E-state index contributed by atoms with van der Waals surface area (Å²) >= 11 is 0. The predicted molar refractivity (Wildman–Crippen MR) is 98.3 cm³/mol. The molecule has 1 aromatic heterocycles. The highest BCUT2D eigenvalue weighted by Gasteiger charge is 2.17. The summed E-state index contributed by atoms with van der Waals surface area (Å²) in [5.41, 5.74) is 2.31. The van der Waals surface area contributed by atoms with Gasteiger partial charge in [0.2, 0.25) is 5.91 Å². The third-order valence-corrected chi connectivity index (χ3v) is 3.92. The molecule has 0 saturated heterocycles. The van der Waals surface area contributed by atoms with Crippen molar-refractivity contribution in [1.29, 1.82) is 0 Å². The SMILES string of the molecule is C=CC(=O)N(C)c1ccc(C(=O)N(CCC)Cc2cnn(C)c2)cc1. The van der Waals surface area contributed by atoms with Gasteiger partial charge in [0.1, 0.15) is 0 Å². The third-order valence-electron chi connectivity index (χ3n) is 3.92. The molecule has 0 bridgehead atoms. The Hall–Kier alpha value is -2.89. The van der Waals surface area contributed by atoms with Crippen molar-refractivity contribution >= 4 is 17.5 Å². The number of benzene rings is 1. The Labute approximate surface area is 148 Å². The first-order valence-electron chi connectivity index (χ1n) is 8.23. The second-order valence-electron chi connectivity index (χ2n) is 5.90. The smallest absolute Gasteiger partial charge is 0.254 e. The summed E-state index contributed by atoms with van der Waals surface area (Å²) in [5, 5.41) is 4.15. The fraction of sp³-hybridized carbons (Fsp3) is 0.316. The van der Waals surface area contributed by atoms with Crippen molar-refractivity contribution in [3.8, 4) is 0 Å². The van der Waals surface area contributed by atoms with E-state index in [0.29, 0.717) is 18.7 Å². The summed E-state index contributed by atoms with van der Waals surface area (Å²) < 4.78 is 1.73. The minimum Gasteiger partial charge on any atom is -0.334 e. The van der Waals surface area contributed by atoms with Crippen molar-refractivity contribution in [3.63, 3.8) is 0 Å². The van der Waals surface area contributed by atoms with Crippen LogP contribution in [0.15, 0.2) is 49.3 Å². The van der Waals surface area contributed by atoms with Crippen molar-refractivity contribution in [2.24, 2.45) is 7.05 Å². The third kappa shape index (κ3) is 4.56. The first kappa shape index (κ1) is 18.4. The molecule has 1 heterocycles. The van der Waals surface area contributed by atoms with Crippen molar-refractivity contribution in [3.05, 3.63) is 60.4 Å². The number of aryl methyl sites for hydroxylation is 1. The molecule has 0 aliphatic carbocycles. The molecule has 0 aliphatic rings. The monoisotopic (exact) mass is 340 g/mol. The number of hydrogen-bond donors (Lipinski definition) is 0. The van der Waals surface area contributed by atoms with Crippen molar-refractivity contribution < 1.29 is 9.59 Å². The molecule has 2 rings (SSSR count). The molecule has 2 aromatic rings. The van der Waals surface area contributed by atoms with E-state index < -0.39 is 0 Å². The summed E-state index contributed by atoms with van der Waals surface area (Å²) in [7, 11) is 3.53. The average molecular weight is 340 g/mol. The van der Waals surface area contributed by atoms with Crippen LogP contribution in [0.4, 0.5) is 5.69 Å². The summed E-state index contributed by atoms with van der Waals surface area (Å²) in [4.78, 5) is 27.8. The molecule has 2 amide bonds. The fourth-order valence-electron chi connectivity index (χ4n) is 2.57. The fourth-order valence-corrected chi connectivity index (χ4v) is 2.57. The summed E-state index contributed by atoms with van der Waals surface area (Å²) in [6, 6.07) is 7.03. The average Bonchev–Trinajstić information content (AvgIpc) is 3.04. The Morgan fingerprint density at radius 1 is 1.28 bits per heavy atom. The summed E-state index contributed by atoms with van der Waals surface area (Å²) in [5.74, 6) is -0.224. The standard InChI is InChI=1S/C19H24N4O2/c1-5-11-23(14-15-12-20-21(3)13-15)19(25)16-7-9-17(10-8-16)22(4)18(24)6-2/h6-10,12-13H,2,5,11,14H2,1,3-4H3. The number of likely N-dealkylation sites (N-methyl/N-ethyl adjacent to an activating group) is 1. The van der Waals surface area contributed by atoms with E-state index in [-0.39, 0.29) is 11.8 Å². The largest absolute Gasteiger partial charge is 0.334 e. The van der Waals surface area contributed by atoms with E-state index in [1.807, 2.05) is 25.1 Å². The number of carbonyl (C=O) groups excluding carboxylic acids is 2. The Morgan fingerprint density at radius 3 is 2.48 bits per heavy atom. The van der Waals surface area contributed by atoms with E-state index in [2.05, 4.69) is 11.7 Å². The molecule has 0 N–H and O–H groups in total. The van der Waals surface area contributed by atoms with Gasteiger partial charge in [0.05, 0.1) is 6.20 Å². The lowest BCUT2D eigenvalue weighted by molar-refractivity contribution is -0.113. The maximum Gasteiger partial charge on any atom is 0.254 e. The first-order chi connectivity index (χ1) is 12.0. The zero-order valence-corrected chi connectivity index (χ0v) is 15.0. The molecular weight excluding hydrogens is 316 g/mol. The molecule has 0 unspecified atom stereocenters. The minimum atomic E-state index is -0.191. The molecule has 0 atom stereocenters. The van der Waals surface area contributed by atoms with Crippen LogP contribution in [-0.2, 0) is 18.4 Å². The van der Waals surface area contributed by atoms with E-state index in [9.17, 15) is 9.59 Å². The normalized spacial score (nSPS) is 10.4. The van der Waals surface area contributed by atoms with Crippen LogP contribution in [0.2, 0.25) is 0 Å². The van der Waals surface area contributed by atoms with Crippen molar-refractivity contribution in [2.75, 3.05) is 18.5 Å². The van der Waals surface area contributed by atoms with Crippen LogP contribution in [0, 0.1) is 0 Å². The molecule has 25 heavy (non-hydrogen) atoms. The van der Waals surface area contributed by atoms with Crippen molar-refractivity contribution in [1.82, 2.24) is 14.7 Å². The van der Waals surface area contributed by atoms with E-state index >= 15 is 0 Å². The maximum absolute atomic E-state index is 12.8. The second kappa shape index (κ2) is 8.28. The lowest BCUT2D eigenvalue weighted by Crippen LogP contribution is -2.31. The maximum atomic E-state index is 12.8. The molecule has 132 valence electrons. The quantitative estimate of drug-likeness (QED) is 0.728. The molecule has 0 fully saturated rings. The molecule has 0 aliphatic heterocycles. The highest BCUT2D eigenvalue weighted by Crippen LogP contribution is 2.17. The predicted octanol–water partition coefficient (Wildman–Crippen LogP) is 2.62. The number of carbonyl (C=O) groups is 2. The molecular formula is C19H24N4O2. The summed E-state index contributed by atoms with van der Waals surface area (Å²) in [6.07, 6.45) is 5.82. The number of amides is 2. The molecule has 0 saturated carbocycles. The highest BCUT2D eigenvalue weighted by atomic mass is 16.2. The minimum absolute atomic E-state index is 0.0325. The van der Waals surface area contributed by atoms with E-state index in [1.54, 1.807) is 42.2 Å². The van der Waals surface area contributed by atoms with Gasteiger partial charge in [-0.1, -0.05) is 13.5 Å². The van der Waals surface area contributed by atoms with E-state index in [1.165, 1.54) is 11.0 Å². The Balaban J connectivity index is 2.15. The van der Waals surface area contributed by atoms with Gasteiger partial charge in [-0.15, -0.1) is 0 Å². The van der Waals surface area contributed by atoms with E-state index in [0.717, 1.165) is 17.7 Å². The first-order valence-corrected chi connectivity index (χ1v) is 8.23. The zero-order valence-electron chi connectivity index (χ0n) is 15.0. The lowest BCUT2D eigenvalue weighted by Gasteiger charge is -2.22. The number of aromatic nitrogens is 2. The van der Waals surface area contributed by atoms with Crippen LogP contribution in [0.5, 0.6) is 0 Å². The molecule has 1 aromatic carbocycles. The highest BCUT2D eigenvalue weighted by molar-refractivity contribution is 6.01. The summed E-state index contributed by atoms with van der Waals surface area (Å²) in [6.45, 7) is 6.72. The van der Waals surface area contributed by atoms with Crippen LogP contribution < -0.4 is 4.90 Å². The van der Waals surface area contributed by atoms with E-state index in [4.69, 9.17) is 0 Å². The van der Waals surface area contributed by atoms with Gasteiger partial charge >= 0.3 is 0 Å².